The van der Waals surface area contributed by atoms with Gasteiger partial charge in [0.05, 0.1) is 24.4 Å². The van der Waals surface area contributed by atoms with E-state index in [1.165, 1.54) is 43.4 Å². The highest BCUT2D eigenvalue weighted by Gasteiger charge is 2.48. The van der Waals surface area contributed by atoms with Crippen LogP contribution in [0, 0.1) is 11.7 Å². The predicted octanol–water partition coefficient (Wildman–Crippen LogP) is 2.85. The topological polar surface area (TPSA) is 115 Å². The normalized spacial score (nSPS) is 24.1. The first-order chi connectivity index (χ1) is 13.9. The Bertz CT molecular complexity index is 914. The first-order valence-electron chi connectivity index (χ1n) is 9.18. The smallest absolute Gasteiger partial charge is 0.256 e. The van der Waals surface area contributed by atoms with Crippen LogP contribution in [0.3, 0.4) is 0 Å². The molecule has 0 bridgehead atoms. The molecule has 1 amide bonds. The summed E-state index contributed by atoms with van der Waals surface area (Å²) in [6.45, 7) is 3.68. The van der Waals surface area contributed by atoms with Gasteiger partial charge in [0.2, 0.25) is 5.88 Å². The van der Waals surface area contributed by atoms with Crippen molar-refractivity contribution in [1.82, 2.24) is 0 Å². The summed E-state index contributed by atoms with van der Waals surface area (Å²) >= 11 is 1.51. The Morgan fingerprint density at radius 1 is 1.55 bits per heavy atom. The number of ether oxygens (including phenoxy) is 1. The van der Waals surface area contributed by atoms with Gasteiger partial charge in [0, 0.05) is 23.2 Å². The molecule has 29 heavy (non-hydrogen) atoms. The minimum atomic E-state index is -0.669. The largest absolute Gasteiger partial charge is 0.480 e. The number of rotatable bonds is 6. The molecule has 0 radical (unpaired) electrons. The average molecular weight is 418 g/mol. The van der Waals surface area contributed by atoms with Gasteiger partial charge < -0.3 is 21.5 Å². The Hall–Kier alpha value is -2.81. The number of fused-ring (bicyclic) bond motifs is 1. The monoisotopic (exact) mass is 417 g/mol. The van der Waals surface area contributed by atoms with Crippen LogP contribution < -0.4 is 16.8 Å². The quantitative estimate of drug-likeness (QED) is 0.374. The van der Waals surface area contributed by atoms with Gasteiger partial charge in [-0.2, -0.15) is 0 Å². The number of benzene rings is 1. The van der Waals surface area contributed by atoms with Crippen molar-refractivity contribution in [3.05, 3.63) is 53.8 Å². The van der Waals surface area contributed by atoms with Crippen molar-refractivity contribution in [3.8, 4) is 0 Å². The summed E-state index contributed by atoms with van der Waals surface area (Å²) in [4.78, 5) is 21.0. The number of thioether (sulfide) groups is 1. The molecule has 2 atom stereocenters. The molecular weight excluding hydrogens is 393 g/mol. The van der Waals surface area contributed by atoms with Gasteiger partial charge in [0.25, 0.3) is 5.91 Å². The van der Waals surface area contributed by atoms with Gasteiger partial charge in [0.1, 0.15) is 5.82 Å². The number of hydrogen-bond acceptors (Lipinski definition) is 7. The Morgan fingerprint density at radius 3 is 3.07 bits per heavy atom. The highest BCUT2D eigenvalue weighted by atomic mass is 32.2. The Kier molecular flexibility index (Phi) is 6.26. The summed E-state index contributed by atoms with van der Waals surface area (Å²) in [5, 5.41) is 3.20. The molecule has 154 valence electrons. The summed E-state index contributed by atoms with van der Waals surface area (Å²) in [5.41, 5.74) is 11.7. The lowest BCUT2D eigenvalue weighted by Crippen LogP contribution is -2.37. The van der Waals surface area contributed by atoms with Gasteiger partial charge in [-0.05, 0) is 37.0 Å². The number of anilines is 1. The molecule has 1 aromatic rings. The van der Waals surface area contributed by atoms with Gasteiger partial charge in [0.15, 0.2) is 5.17 Å². The molecule has 1 fully saturated rings. The van der Waals surface area contributed by atoms with Crippen LogP contribution in [0.5, 0.6) is 0 Å². The fourth-order valence-corrected chi connectivity index (χ4v) is 4.81. The van der Waals surface area contributed by atoms with Gasteiger partial charge in [-0.15, -0.1) is 0 Å². The third kappa shape index (κ3) is 4.29. The minimum Gasteiger partial charge on any atom is -0.480 e. The second-order valence-electron chi connectivity index (χ2n) is 6.92. The molecule has 5 N–H and O–H groups in total. The Labute approximate surface area is 173 Å². The molecule has 0 aromatic heterocycles. The first-order valence-corrected chi connectivity index (χ1v) is 10.2. The van der Waals surface area contributed by atoms with E-state index in [2.05, 4.69) is 21.9 Å². The van der Waals surface area contributed by atoms with E-state index in [9.17, 15) is 9.18 Å². The van der Waals surface area contributed by atoms with E-state index in [1.54, 1.807) is 6.07 Å². The number of amides is 1. The van der Waals surface area contributed by atoms with Gasteiger partial charge in [-0.1, -0.05) is 24.8 Å². The highest BCUT2D eigenvalue weighted by Crippen LogP contribution is 2.51. The molecule has 0 spiro atoms. The van der Waals surface area contributed by atoms with Crippen LogP contribution in [0.15, 0.2) is 52.4 Å². The van der Waals surface area contributed by atoms with Crippen LogP contribution in [0.1, 0.15) is 24.8 Å². The number of methoxy groups -OCH3 is 1. The first kappa shape index (κ1) is 20.9. The third-order valence-corrected chi connectivity index (χ3v) is 6.17. The van der Waals surface area contributed by atoms with Crippen molar-refractivity contribution >= 4 is 34.7 Å². The molecule has 7 nitrogen and oxygen atoms in total. The van der Waals surface area contributed by atoms with Gasteiger partial charge >= 0.3 is 0 Å². The number of hydrogen-bond donors (Lipinski definition) is 3. The number of aliphatic imine (C=N–C) groups is 2. The van der Waals surface area contributed by atoms with Crippen molar-refractivity contribution in [2.75, 3.05) is 18.2 Å². The van der Waals surface area contributed by atoms with Crippen LogP contribution in [0.4, 0.5) is 10.1 Å². The molecule has 2 aliphatic rings. The molecule has 1 aliphatic heterocycles. The van der Waals surface area contributed by atoms with Gasteiger partial charge in [-0.3, -0.25) is 9.79 Å². The maximum Gasteiger partial charge on any atom is 0.256 e. The Balaban J connectivity index is 1.84. The standard InChI is InChI=1S/C20H24FN5O2S/c1-12(10-24-17(9-22)28-2)18(27)25-14-5-6-16(21)15(8-14)20-7-3-4-13(20)11-29-19(23)26-20/h5-6,8-10,13H,1,3-4,7,11,22H2,2H3,(H2,23,26)(H,25,27)/b17-9+,24-10?/t13?,20-/m0/s1. The van der Waals surface area contributed by atoms with E-state index >= 15 is 0 Å². The fourth-order valence-electron chi connectivity index (χ4n) is 3.77. The molecule has 1 heterocycles. The summed E-state index contributed by atoms with van der Waals surface area (Å²) in [6.07, 6.45) is 5.08. The zero-order chi connectivity index (χ0) is 21.0. The number of carbonyl (C=O) groups excluding carboxylic acids is 1. The van der Waals surface area contributed by atoms with Crippen LogP contribution in [-0.2, 0) is 15.1 Å². The molecule has 9 heteroatoms. The number of halogens is 1. The summed E-state index contributed by atoms with van der Waals surface area (Å²) in [7, 11) is 1.41. The second kappa shape index (κ2) is 8.69. The summed E-state index contributed by atoms with van der Waals surface area (Å²) in [5.74, 6) is 0.366. The van der Waals surface area contributed by atoms with E-state index in [1.807, 2.05) is 0 Å². The predicted molar refractivity (Wildman–Crippen MR) is 115 cm³/mol. The highest BCUT2D eigenvalue weighted by molar-refractivity contribution is 8.13. The third-order valence-electron chi connectivity index (χ3n) is 5.21. The number of nitrogens with zero attached hydrogens (tertiary/aromatic N) is 2. The lowest BCUT2D eigenvalue weighted by molar-refractivity contribution is -0.112. The van der Waals surface area contributed by atoms with E-state index in [0.717, 1.165) is 25.0 Å². The molecule has 1 aromatic carbocycles. The van der Waals surface area contributed by atoms with Crippen LogP contribution in [0.2, 0.25) is 0 Å². The maximum atomic E-state index is 14.8. The summed E-state index contributed by atoms with van der Waals surface area (Å²) < 4.78 is 19.7. The molecule has 1 saturated carbocycles. The Morgan fingerprint density at radius 2 is 2.34 bits per heavy atom. The maximum absolute atomic E-state index is 14.8. The van der Waals surface area contributed by atoms with E-state index < -0.39 is 11.4 Å². The fraction of sp³-hybridized carbons (Fsp3) is 0.350. The SMILES string of the molecule is C=C(C=N/C(=C\N)OC)C(=O)Nc1ccc(F)c([C@]23CCCC2CSC(N)=N3)c1. The second-order valence-corrected chi connectivity index (χ2v) is 7.96. The lowest BCUT2D eigenvalue weighted by Gasteiger charge is -2.36. The molecule has 1 unspecified atom stereocenters. The van der Waals surface area contributed by atoms with Crippen molar-refractivity contribution < 1.29 is 13.9 Å². The van der Waals surface area contributed by atoms with E-state index in [-0.39, 0.29) is 23.2 Å². The van der Waals surface area contributed by atoms with Crippen molar-refractivity contribution in [3.63, 3.8) is 0 Å². The number of nitrogens with two attached hydrogens (primary N) is 2. The molecule has 0 saturated heterocycles. The minimum absolute atomic E-state index is 0.0977. The zero-order valence-electron chi connectivity index (χ0n) is 16.2. The molecular formula is C20H24FN5O2S. The van der Waals surface area contributed by atoms with E-state index in [4.69, 9.17) is 16.2 Å². The lowest BCUT2D eigenvalue weighted by atomic mass is 9.81. The summed E-state index contributed by atoms with van der Waals surface area (Å²) in [6, 6.07) is 4.50. The van der Waals surface area contributed by atoms with E-state index in [0.29, 0.717) is 16.4 Å². The van der Waals surface area contributed by atoms with Crippen molar-refractivity contribution in [2.45, 2.75) is 24.8 Å². The average Bonchev–Trinajstić information content (AvgIpc) is 3.13. The van der Waals surface area contributed by atoms with Crippen LogP contribution >= 0.6 is 11.8 Å². The molecule has 1 aliphatic carbocycles. The number of nitrogens with one attached hydrogen (secondary N) is 1. The van der Waals surface area contributed by atoms with Crippen molar-refractivity contribution in [1.29, 1.82) is 0 Å². The van der Waals surface area contributed by atoms with Crippen LogP contribution in [-0.4, -0.2) is 30.2 Å². The number of amidine groups is 1. The van der Waals surface area contributed by atoms with Gasteiger partial charge in [-0.25, -0.2) is 9.38 Å². The van der Waals surface area contributed by atoms with Crippen molar-refractivity contribution in [2.24, 2.45) is 27.4 Å². The zero-order valence-corrected chi connectivity index (χ0v) is 17.0. The molecule has 3 rings (SSSR count). The number of carbonyl (C=O) groups is 1. The van der Waals surface area contributed by atoms with Crippen LogP contribution in [0.25, 0.3) is 0 Å².